The van der Waals surface area contributed by atoms with Crippen molar-refractivity contribution in [1.82, 2.24) is 0 Å². The molecule has 1 nitrogen and oxygen atoms in total. The van der Waals surface area contributed by atoms with E-state index in [1.807, 2.05) is 0 Å². The molecule has 0 amide bonds. The van der Waals surface area contributed by atoms with Gasteiger partial charge in [-0.05, 0) is 48.8 Å². The topological polar surface area (TPSA) is 26.0 Å². The Kier molecular flexibility index (Phi) is 3.81. The van der Waals surface area contributed by atoms with Crippen molar-refractivity contribution in [3.05, 3.63) is 34.9 Å². The molecule has 15 heavy (non-hydrogen) atoms. The number of rotatable bonds is 3. The minimum absolute atomic E-state index is 0.377. The predicted molar refractivity (Wildman–Crippen MR) is 68.6 cm³/mol. The number of hydrogen-bond donors (Lipinski definition) is 1. The average Bonchev–Trinajstić information content (AvgIpc) is 2.26. The van der Waals surface area contributed by atoms with Gasteiger partial charge in [-0.2, -0.15) is 0 Å². The summed E-state index contributed by atoms with van der Waals surface area (Å²) in [4.78, 5) is 0. The number of benzene rings is 1. The largest absolute Gasteiger partial charge is 0.327 e. The van der Waals surface area contributed by atoms with E-state index in [0.29, 0.717) is 6.04 Å². The van der Waals surface area contributed by atoms with Crippen LogP contribution in [-0.4, -0.2) is 11.4 Å². The minimum atomic E-state index is 0.377. The maximum Gasteiger partial charge on any atom is 0.00826 e. The molecule has 2 heteroatoms. The summed E-state index contributed by atoms with van der Waals surface area (Å²) >= 11 is 3.49. The van der Waals surface area contributed by atoms with Crippen LogP contribution in [0.2, 0.25) is 0 Å². The molecule has 2 N–H and O–H groups in total. The molecule has 1 atom stereocenters. The van der Waals surface area contributed by atoms with Gasteiger partial charge in [-0.25, -0.2) is 0 Å². The molecular weight excluding hydrogens is 250 g/mol. The number of fused-ring (bicyclic) bond motifs is 1. The van der Waals surface area contributed by atoms with Crippen LogP contribution in [0.25, 0.3) is 0 Å². The minimum Gasteiger partial charge on any atom is -0.327 e. The Hall–Kier alpha value is -0.340. The van der Waals surface area contributed by atoms with Crippen LogP contribution in [0.3, 0.4) is 0 Å². The standard InChI is InChI=1S/C13H18BrN/c14-8-2-5-10-3-1-4-11-6-7-12(15)9-13(10)11/h1,3-4,12H,2,5-9,15H2. The number of alkyl halides is 1. The van der Waals surface area contributed by atoms with Crippen molar-refractivity contribution in [3.8, 4) is 0 Å². The Morgan fingerprint density at radius 2 is 2.27 bits per heavy atom. The van der Waals surface area contributed by atoms with Crippen molar-refractivity contribution in [2.45, 2.75) is 38.1 Å². The summed E-state index contributed by atoms with van der Waals surface area (Å²) in [5.74, 6) is 0. The van der Waals surface area contributed by atoms with E-state index in [0.717, 1.165) is 18.2 Å². The molecule has 1 aliphatic rings. The third-order valence-corrected chi connectivity index (χ3v) is 3.76. The molecule has 1 aromatic carbocycles. The smallest absolute Gasteiger partial charge is 0.00826 e. The molecule has 0 saturated carbocycles. The highest BCUT2D eigenvalue weighted by Gasteiger charge is 2.17. The van der Waals surface area contributed by atoms with E-state index in [4.69, 9.17) is 5.73 Å². The lowest BCUT2D eigenvalue weighted by Gasteiger charge is -2.24. The molecule has 82 valence electrons. The van der Waals surface area contributed by atoms with Crippen LogP contribution in [0.5, 0.6) is 0 Å². The summed E-state index contributed by atoms with van der Waals surface area (Å²) in [5, 5.41) is 1.09. The van der Waals surface area contributed by atoms with E-state index >= 15 is 0 Å². The number of aryl methyl sites for hydroxylation is 2. The third-order valence-electron chi connectivity index (χ3n) is 3.20. The molecule has 0 bridgehead atoms. The fourth-order valence-electron chi connectivity index (χ4n) is 2.38. The quantitative estimate of drug-likeness (QED) is 0.838. The summed E-state index contributed by atoms with van der Waals surface area (Å²) in [6, 6.07) is 7.10. The van der Waals surface area contributed by atoms with Gasteiger partial charge in [-0.15, -0.1) is 0 Å². The van der Waals surface area contributed by atoms with Gasteiger partial charge in [0.25, 0.3) is 0 Å². The molecule has 2 rings (SSSR count). The Balaban J connectivity index is 2.23. The van der Waals surface area contributed by atoms with Crippen LogP contribution in [0, 0.1) is 0 Å². The average molecular weight is 268 g/mol. The molecule has 0 heterocycles. The second-order valence-corrected chi connectivity index (χ2v) is 5.14. The van der Waals surface area contributed by atoms with Gasteiger partial charge in [0.1, 0.15) is 0 Å². The van der Waals surface area contributed by atoms with E-state index in [9.17, 15) is 0 Å². The van der Waals surface area contributed by atoms with Gasteiger partial charge in [0.2, 0.25) is 0 Å². The zero-order valence-electron chi connectivity index (χ0n) is 9.01. The van der Waals surface area contributed by atoms with E-state index in [1.54, 1.807) is 0 Å². The van der Waals surface area contributed by atoms with Crippen molar-refractivity contribution in [3.63, 3.8) is 0 Å². The molecule has 1 aromatic rings. The van der Waals surface area contributed by atoms with Crippen LogP contribution in [-0.2, 0) is 19.3 Å². The highest BCUT2D eigenvalue weighted by molar-refractivity contribution is 9.09. The maximum atomic E-state index is 6.04. The summed E-state index contributed by atoms with van der Waals surface area (Å²) in [7, 11) is 0. The molecule has 1 unspecified atom stereocenters. The van der Waals surface area contributed by atoms with E-state index < -0.39 is 0 Å². The monoisotopic (exact) mass is 267 g/mol. The second-order valence-electron chi connectivity index (χ2n) is 4.35. The Labute approximate surface area is 100 Å². The lowest BCUT2D eigenvalue weighted by atomic mass is 9.85. The van der Waals surface area contributed by atoms with E-state index in [-0.39, 0.29) is 0 Å². The molecular formula is C13H18BrN. The first-order valence-electron chi connectivity index (χ1n) is 5.72. The van der Waals surface area contributed by atoms with Gasteiger partial charge >= 0.3 is 0 Å². The van der Waals surface area contributed by atoms with Crippen LogP contribution >= 0.6 is 15.9 Å². The van der Waals surface area contributed by atoms with Gasteiger partial charge in [-0.1, -0.05) is 34.1 Å². The van der Waals surface area contributed by atoms with Crippen molar-refractivity contribution >= 4 is 15.9 Å². The summed E-state index contributed by atoms with van der Waals surface area (Å²) < 4.78 is 0. The predicted octanol–water partition coefficient (Wildman–Crippen LogP) is 2.83. The first-order valence-corrected chi connectivity index (χ1v) is 6.84. The lowest BCUT2D eigenvalue weighted by molar-refractivity contribution is 0.572. The molecule has 0 spiro atoms. The lowest BCUT2D eigenvalue weighted by Crippen LogP contribution is -2.28. The molecule has 0 saturated heterocycles. The Morgan fingerprint density at radius 3 is 3.07 bits per heavy atom. The highest BCUT2D eigenvalue weighted by atomic mass is 79.9. The first-order chi connectivity index (χ1) is 7.31. The summed E-state index contributed by atoms with van der Waals surface area (Å²) in [6.07, 6.45) is 5.79. The van der Waals surface area contributed by atoms with Crippen molar-refractivity contribution in [1.29, 1.82) is 0 Å². The van der Waals surface area contributed by atoms with Crippen molar-refractivity contribution in [2.24, 2.45) is 5.73 Å². The molecule has 0 aliphatic heterocycles. The third kappa shape index (κ3) is 2.61. The highest BCUT2D eigenvalue weighted by Crippen LogP contribution is 2.24. The number of halogens is 1. The number of hydrogen-bond acceptors (Lipinski definition) is 1. The Morgan fingerprint density at radius 1 is 1.40 bits per heavy atom. The van der Waals surface area contributed by atoms with Crippen LogP contribution in [0.1, 0.15) is 29.5 Å². The fraction of sp³-hybridized carbons (Fsp3) is 0.538. The van der Waals surface area contributed by atoms with Gasteiger partial charge in [0, 0.05) is 11.4 Å². The molecule has 0 aromatic heterocycles. The number of nitrogens with two attached hydrogens (primary N) is 1. The maximum absolute atomic E-state index is 6.04. The SMILES string of the molecule is NC1CCc2cccc(CCCBr)c2C1. The van der Waals surface area contributed by atoms with Crippen molar-refractivity contribution in [2.75, 3.05) is 5.33 Å². The Bertz CT molecular complexity index is 335. The van der Waals surface area contributed by atoms with Crippen LogP contribution < -0.4 is 5.73 Å². The summed E-state index contributed by atoms with van der Waals surface area (Å²) in [6.45, 7) is 0. The summed E-state index contributed by atoms with van der Waals surface area (Å²) in [5.41, 5.74) is 10.6. The fourth-order valence-corrected chi connectivity index (χ4v) is 2.66. The van der Waals surface area contributed by atoms with Crippen LogP contribution in [0.15, 0.2) is 18.2 Å². The zero-order chi connectivity index (χ0) is 10.7. The van der Waals surface area contributed by atoms with E-state index in [2.05, 4.69) is 34.1 Å². The normalized spacial score (nSPS) is 20.0. The van der Waals surface area contributed by atoms with Gasteiger partial charge in [0.15, 0.2) is 0 Å². The van der Waals surface area contributed by atoms with Crippen molar-refractivity contribution < 1.29 is 0 Å². The molecule has 1 aliphatic carbocycles. The second kappa shape index (κ2) is 5.13. The molecule has 0 fully saturated rings. The zero-order valence-corrected chi connectivity index (χ0v) is 10.6. The van der Waals surface area contributed by atoms with Gasteiger partial charge < -0.3 is 5.73 Å². The first kappa shape index (κ1) is 11.2. The van der Waals surface area contributed by atoms with Gasteiger partial charge in [0.05, 0.1) is 0 Å². The van der Waals surface area contributed by atoms with Crippen LogP contribution in [0.4, 0.5) is 0 Å². The van der Waals surface area contributed by atoms with Gasteiger partial charge in [-0.3, -0.25) is 0 Å². The van der Waals surface area contributed by atoms with E-state index in [1.165, 1.54) is 36.0 Å². The molecule has 0 radical (unpaired) electrons.